The SMILES string of the molecule is c1ccc(N(C[B-](CN(c2ccccc2)c2ccccc2)(CN(c2ccccc2)c2ccccc2)CN(c2ccccc2)c2ccccc2)c2ccccc2)cc1. The molecule has 0 N–H and O–H groups in total. The van der Waals surface area contributed by atoms with Gasteiger partial charge in [0, 0.05) is 45.5 Å². The summed E-state index contributed by atoms with van der Waals surface area (Å²) in [5.41, 5.74) is 9.32. The second-order valence-corrected chi connectivity index (χ2v) is 14.9. The van der Waals surface area contributed by atoms with Crippen LogP contribution in [-0.2, 0) is 0 Å². The molecule has 0 fully saturated rings. The van der Waals surface area contributed by atoms with Crippen molar-refractivity contribution in [2.24, 2.45) is 0 Å². The minimum atomic E-state index is -1.53. The molecule has 0 aromatic heterocycles. The fraction of sp³-hybridized carbons (Fsp3) is 0.0769. The third-order valence-corrected chi connectivity index (χ3v) is 10.8. The van der Waals surface area contributed by atoms with Crippen molar-refractivity contribution >= 4 is 51.6 Å². The summed E-state index contributed by atoms with van der Waals surface area (Å²) in [6.07, 6.45) is 1.52. The number of anilines is 8. The minimum absolute atomic E-state index is 0.760. The van der Waals surface area contributed by atoms with Gasteiger partial charge in [0.2, 0.25) is 0 Å². The van der Waals surface area contributed by atoms with E-state index in [-0.39, 0.29) is 0 Å². The maximum atomic E-state index is 2.55. The summed E-state index contributed by atoms with van der Waals surface area (Å²) in [5, 5.41) is 0. The summed E-state index contributed by atoms with van der Waals surface area (Å²) in [4.78, 5) is 10.2. The molecule has 0 spiro atoms. The largest absolute Gasteiger partial charge is 0.377 e. The topological polar surface area (TPSA) is 13.0 Å². The second-order valence-electron chi connectivity index (χ2n) is 14.9. The first-order valence-electron chi connectivity index (χ1n) is 20.0. The van der Waals surface area contributed by atoms with E-state index in [1.54, 1.807) is 0 Å². The van der Waals surface area contributed by atoms with E-state index in [2.05, 4.69) is 262 Å². The summed E-state index contributed by atoms with van der Waals surface area (Å²) in [5.74, 6) is 0. The molecule has 4 nitrogen and oxygen atoms in total. The van der Waals surface area contributed by atoms with Crippen molar-refractivity contribution < 1.29 is 0 Å². The summed E-state index contributed by atoms with van der Waals surface area (Å²) >= 11 is 0. The molecule has 0 amide bonds. The number of benzene rings is 8. The molecule has 0 saturated carbocycles. The predicted molar refractivity (Wildman–Crippen MR) is 245 cm³/mol. The Balaban J connectivity index is 1.40. The van der Waals surface area contributed by atoms with Gasteiger partial charge in [-0.05, 0) is 97.1 Å². The van der Waals surface area contributed by atoms with Gasteiger partial charge in [-0.2, -0.15) is 0 Å². The monoisotopic (exact) mass is 739 g/mol. The van der Waals surface area contributed by atoms with Crippen molar-refractivity contribution in [3.8, 4) is 0 Å². The van der Waals surface area contributed by atoms with Crippen molar-refractivity contribution in [3.05, 3.63) is 243 Å². The van der Waals surface area contributed by atoms with Gasteiger partial charge in [-0.15, -0.1) is 0 Å². The van der Waals surface area contributed by atoms with Gasteiger partial charge in [0.05, 0.1) is 6.15 Å². The summed E-state index contributed by atoms with van der Waals surface area (Å²) in [7, 11) is 0. The zero-order valence-electron chi connectivity index (χ0n) is 32.3. The van der Waals surface area contributed by atoms with Crippen LogP contribution in [0, 0.1) is 0 Å². The maximum absolute atomic E-state index is 2.55. The van der Waals surface area contributed by atoms with Gasteiger partial charge in [-0.3, -0.25) is 0 Å². The Hall–Kier alpha value is -6.98. The van der Waals surface area contributed by atoms with Gasteiger partial charge in [0.1, 0.15) is 0 Å². The standard InChI is InChI=1S/C52H48BN4/c1-9-25-45(26-10-1)54(46-27-11-2-12-28-46)41-53(42-55(47-29-13-3-14-30-47)48-31-15-4-16-32-48,43-56(49-33-17-5-18-34-49)50-35-19-6-20-36-50)44-57(51-37-21-7-22-38-51)52-39-23-8-24-40-52/h1-40H,41-44H2/q-1. The Bertz CT molecular complexity index is 1850. The number of rotatable bonds is 16. The quantitative estimate of drug-likeness (QED) is 0.0915. The molecule has 0 radical (unpaired) electrons. The zero-order valence-corrected chi connectivity index (χ0v) is 32.3. The summed E-state index contributed by atoms with van der Waals surface area (Å²) in [6, 6.07) is 87.3. The molecule has 0 aliphatic rings. The molecule has 0 heterocycles. The van der Waals surface area contributed by atoms with Crippen LogP contribution in [0.25, 0.3) is 0 Å². The maximum Gasteiger partial charge on any atom is 0.0837 e. The molecule has 8 rings (SSSR count). The molecule has 8 aromatic rings. The lowest BCUT2D eigenvalue weighted by Gasteiger charge is -2.52. The van der Waals surface area contributed by atoms with Crippen molar-refractivity contribution in [2.45, 2.75) is 0 Å². The molecule has 5 heteroatoms. The predicted octanol–water partition coefficient (Wildman–Crippen LogP) is 12.9. The van der Waals surface area contributed by atoms with Crippen molar-refractivity contribution in [1.29, 1.82) is 0 Å². The van der Waals surface area contributed by atoms with Crippen LogP contribution in [0.4, 0.5) is 45.5 Å². The van der Waals surface area contributed by atoms with Gasteiger partial charge < -0.3 is 19.6 Å². The minimum Gasteiger partial charge on any atom is -0.377 e. The molecule has 0 atom stereocenters. The van der Waals surface area contributed by atoms with E-state index in [4.69, 9.17) is 0 Å². The fourth-order valence-corrected chi connectivity index (χ4v) is 8.20. The molecular weight excluding hydrogens is 691 g/mol. The first-order valence-corrected chi connectivity index (χ1v) is 20.0. The molecule has 0 aliphatic carbocycles. The first-order chi connectivity index (χ1) is 28.2. The van der Waals surface area contributed by atoms with Crippen LogP contribution >= 0.6 is 0 Å². The van der Waals surface area contributed by atoms with Crippen molar-refractivity contribution in [1.82, 2.24) is 0 Å². The molecule has 57 heavy (non-hydrogen) atoms. The van der Waals surface area contributed by atoms with E-state index in [9.17, 15) is 0 Å². The van der Waals surface area contributed by atoms with Gasteiger partial charge in [0.15, 0.2) is 0 Å². The smallest absolute Gasteiger partial charge is 0.0837 e. The van der Waals surface area contributed by atoms with Crippen molar-refractivity contribution in [3.63, 3.8) is 0 Å². The third-order valence-electron chi connectivity index (χ3n) is 10.8. The highest BCUT2D eigenvalue weighted by Gasteiger charge is 2.36. The Morgan fingerprint density at radius 2 is 0.316 bits per heavy atom. The molecule has 0 saturated heterocycles. The fourth-order valence-electron chi connectivity index (χ4n) is 8.20. The Kier molecular flexibility index (Phi) is 11.7. The highest BCUT2D eigenvalue weighted by Crippen LogP contribution is 2.36. The van der Waals surface area contributed by atoms with Gasteiger partial charge >= 0.3 is 0 Å². The molecule has 280 valence electrons. The van der Waals surface area contributed by atoms with Gasteiger partial charge in [-0.1, -0.05) is 171 Å². The molecule has 0 aliphatic heterocycles. The number of hydrogen-bond acceptors (Lipinski definition) is 4. The lowest BCUT2D eigenvalue weighted by atomic mass is 9.23. The highest BCUT2D eigenvalue weighted by molar-refractivity contribution is 6.82. The second kappa shape index (κ2) is 18.1. The number of nitrogens with zero attached hydrogens (tertiary/aromatic N) is 4. The average Bonchev–Trinajstić information content (AvgIpc) is 3.31. The molecule has 8 aromatic carbocycles. The number of hydrogen-bond donors (Lipinski definition) is 0. The van der Waals surface area contributed by atoms with Crippen LogP contribution in [0.3, 0.4) is 0 Å². The van der Waals surface area contributed by atoms with E-state index in [0.717, 1.165) is 71.3 Å². The Morgan fingerprint density at radius 3 is 0.439 bits per heavy atom. The molecule has 0 bridgehead atoms. The van der Waals surface area contributed by atoms with Crippen LogP contribution in [0.5, 0.6) is 0 Å². The lowest BCUT2D eigenvalue weighted by Crippen LogP contribution is -2.65. The van der Waals surface area contributed by atoms with E-state index in [0.29, 0.717) is 0 Å². The number of para-hydroxylation sites is 8. The van der Waals surface area contributed by atoms with Crippen LogP contribution in [-0.4, -0.2) is 31.9 Å². The molecule has 0 unspecified atom stereocenters. The molecular formula is C52H48BN4-. The average molecular weight is 740 g/mol. The van der Waals surface area contributed by atoms with E-state index in [1.807, 2.05) is 0 Å². The third kappa shape index (κ3) is 9.12. The van der Waals surface area contributed by atoms with Gasteiger partial charge in [-0.25, -0.2) is 0 Å². The summed E-state index contributed by atoms with van der Waals surface area (Å²) < 4.78 is 0. The normalized spacial score (nSPS) is 11.1. The lowest BCUT2D eigenvalue weighted by molar-refractivity contribution is 0.961. The highest BCUT2D eigenvalue weighted by atomic mass is 15.2. The van der Waals surface area contributed by atoms with E-state index < -0.39 is 6.15 Å². The van der Waals surface area contributed by atoms with Crippen LogP contribution in [0.1, 0.15) is 0 Å². The Labute approximate surface area is 338 Å². The van der Waals surface area contributed by atoms with Crippen LogP contribution in [0.15, 0.2) is 243 Å². The van der Waals surface area contributed by atoms with Crippen LogP contribution < -0.4 is 19.6 Å². The van der Waals surface area contributed by atoms with Gasteiger partial charge in [0.25, 0.3) is 0 Å². The van der Waals surface area contributed by atoms with E-state index in [1.165, 1.54) is 0 Å². The Morgan fingerprint density at radius 1 is 0.193 bits per heavy atom. The van der Waals surface area contributed by atoms with Crippen LogP contribution in [0.2, 0.25) is 0 Å². The summed E-state index contributed by atoms with van der Waals surface area (Å²) in [6.45, 7) is 0. The van der Waals surface area contributed by atoms with E-state index >= 15 is 0 Å². The first kappa shape index (κ1) is 37.0. The van der Waals surface area contributed by atoms with Crippen molar-refractivity contribution in [2.75, 3.05) is 45.4 Å². The zero-order chi connectivity index (χ0) is 38.5.